The van der Waals surface area contributed by atoms with Crippen LogP contribution < -0.4 is 4.72 Å². The molecule has 0 fully saturated rings. The topological polar surface area (TPSA) is 66.4 Å². The van der Waals surface area contributed by atoms with E-state index in [9.17, 15) is 8.42 Å². The second-order valence-corrected chi connectivity index (χ2v) is 9.48. The van der Waals surface area contributed by atoms with Gasteiger partial charge in [-0.05, 0) is 46.8 Å². The first-order valence-electron chi connectivity index (χ1n) is 5.86. The first-order valence-corrected chi connectivity index (χ1v) is 9.83. The maximum absolute atomic E-state index is 12.3. The molecule has 1 unspecified atom stereocenters. The molecule has 110 valence electrons. The standard InChI is InChI=1S/C12H14BrNO3S3/c1-8(5-9-3-2-4-18-9)14-20(16,17)11-6-10(7-15)19-12(11)13/h2-4,6,8,14-15H,5,7H2,1H3. The Bertz CT molecular complexity index is 664. The minimum Gasteiger partial charge on any atom is -0.391 e. The average Bonchev–Trinajstić information content (AvgIpc) is 2.97. The number of sulfonamides is 1. The lowest BCUT2D eigenvalue weighted by molar-refractivity contribution is 0.285. The third kappa shape index (κ3) is 3.90. The van der Waals surface area contributed by atoms with E-state index in [1.165, 1.54) is 17.4 Å². The van der Waals surface area contributed by atoms with Gasteiger partial charge >= 0.3 is 0 Å². The van der Waals surface area contributed by atoms with Gasteiger partial charge in [0.05, 0.1) is 10.4 Å². The number of hydrogen-bond donors (Lipinski definition) is 2. The summed E-state index contributed by atoms with van der Waals surface area (Å²) in [6.45, 7) is 1.67. The molecule has 0 saturated carbocycles. The van der Waals surface area contributed by atoms with Gasteiger partial charge < -0.3 is 5.11 Å². The Balaban J connectivity index is 2.12. The van der Waals surface area contributed by atoms with Crippen LogP contribution in [0.2, 0.25) is 0 Å². The van der Waals surface area contributed by atoms with Crippen LogP contribution in [0.5, 0.6) is 0 Å². The van der Waals surface area contributed by atoms with Crippen LogP contribution in [0.25, 0.3) is 0 Å². The van der Waals surface area contributed by atoms with Gasteiger partial charge in [0.1, 0.15) is 4.90 Å². The fourth-order valence-corrected chi connectivity index (χ4v) is 6.38. The molecule has 4 nitrogen and oxygen atoms in total. The second kappa shape index (κ2) is 6.67. The van der Waals surface area contributed by atoms with E-state index in [-0.39, 0.29) is 17.5 Å². The molecule has 2 rings (SSSR count). The summed E-state index contributed by atoms with van der Waals surface area (Å²) >= 11 is 6.07. The van der Waals surface area contributed by atoms with Crippen molar-refractivity contribution in [2.24, 2.45) is 0 Å². The molecule has 2 aromatic rings. The number of aliphatic hydroxyl groups excluding tert-OH is 1. The third-order valence-corrected chi connectivity index (χ3v) is 7.32. The lowest BCUT2D eigenvalue weighted by atomic mass is 10.2. The highest BCUT2D eigenvalue weighted by Crippen LogP contribution is 2.31. The molecule has 2 aromatic heterocycles. The van der Waals surface area contributed by atoms with Crippen molar-refractivity contribution in [1.29, 1.82) is 0 Å². The molecule has 8 heteroatoms. The molecular weight excluding hydrogens is 382 g/mol. The maximum Gasteiger partial charge on any atom is 0.242 e. The zero-order valence-corrected chi connectivity index (χ0v) is 14.7. The molecule has 0 amide bonds. The summed E-state index contributed by atoms with van der Waals surface area (Å²) in [5.41, 5.74) is 0. The number of halogens is 1. The van der Waals surface area contributed by atoms with Gasteiger partial charge in [-0.15, -0.1) is 22.7 Å². The Hall–Kier alpha value is -0.250. The summed E-state index contributed by atoms with van der Waals surface area (Å²) in [5, 5.41) is 11.0. The first-order chi connectivity index (χ1) is 9.42. The monoisotopic (exact) mass is 395 g/mol. The molecule has 0 saturated heterocycles. The van der Waals surface area contributed by atoms with Crippen LogP contribution in [-0.4, -0.2) is 19.6 Å². The molecule has 0 spiro atoms. The van der Waals surface area contributed by atoms with E-state index in [0.717, 1.165) is 4.88 Å². The van der Waals surface area contributed by atoms with Crippen LogP contribution in [0.4, 0.5) is 0 Å². The number of aliphatic hydroxyl groups is 1. The first kappa shape index (κ1) is 16.1. The second-order valence-electron chi connectivity index (χ2n) is 4.31. The van der Waals surface area contributed by atoms with Crippen molar-refractivity contribution in [2.75, 3.05) is 0 Å². The normalized spacial score (nSPS) is 13.6. The van der Waals surface area contributed by atoms with Gasteiger partial charge in [-0.1, -0.05) is 6.07 Å². The zero-order chi connectivity index (χ0) is 14.8. The molecule has 0 aliphatic heterocycles. The van der Waals surface area contributed by atoms with Crippen molar-refractivity contribution in [3.05, 3.63) is 37.1 Å². The van der Waals surface area contributed by atoms with Crippen LogP contribution in [-0.2, 0) is 23.1 Å². The molecule has 0 aliphatic carbocycles. The van der Waals surface area contributed by atoms with Crippen LogP contribution in [0.3, 0.4) is 0 Å². The summed E-state index contributed by atoms with van der Waals surface area (Å²) in [4.78, 5) is 1.94. The smallest absolute Gasteiger partial charge is 0.242 e. The number of thiophene rings is 2. The fourth-order valence-electron chi connectivity index (χ4n) is 1.76. The van der Waals surface area contributed by atoms with E-state index in [2.05, 4.69) is 20.7 Å². The molecule has 2 heterocycles. The molecule has 0 radical (unpaired) electrons. The van der Waals surface area contributed by atoms with Crippen molar-refractivity contribution < 1.29 is 13.5 Å². The van der Waals surface area contributed by atoms with Crippen LogP contribution in [0.15, 0.2) is 32.3 Å². The van der Waals surface area contributed by atoms with Gasteiger partial charge in [0.25, 0.3) is 0 Å². The largest absolute Gasteiger partial charge is 0.391 e. The van der Waals surface area contributed by atoms with Gasteiger partial charge in [-0.3, -0.25) is 0 Å². The van der Waals surface area contributed by atoms with E-state index in [0.29, 0.717) is 15.1 Å². The van der Waals surface area contributed by atoms with Crippen molar-refractivity contribution in [3.63, 3.8) is 0 Å². The summed E-state index contributed by atoms with van der Waals surface area (Å²) in [6, 6.07) is 5.24. The van der Waals surface area contributed by atoms with Crippen LogP contribution >= 0.6 is 38.6 Å². The Morgan fingerprint density at radius 2 is 2.20 bits per heavy atom. The number of nitrogens with one attached hydrogen (secondary N) is 1. The minimum absolute atomic E-state index is 0.163. The predicted molar refractivity (Wildman–Crippen MR) is 85.7 cm³/mol. The average molecular weight is 396 g/mol. The highest BCUT2D eigenvalue weighted by molar-refractivity contribution is 9.11. The predicted octanol–water partition coefficient (Wildman–Crippen LogP) is 2.97. The van der Waals surface area contributed by atoms with E-state index in [4.69, 9.17) is 5.11 Å². The molecule has 0 aromatic carbocycles. The molecular formula is C12H14BrNO3S3. The molecule has 0 aliphatic rings. The third-order valence-electron chi connectivity index (χ3n) is 2.60. The molecule has 1 atom stereocenters. The van der Waals surface area contributed by atoms with Gasteiger partial charge in [-0.25, -0.2) is 13.1 Å². The Kier molecular flexibility index (Phi) is 5.38. The number of rotatable bonds is 6. The van der Waals surface area contributed by atoms with E-state index >= 15 is 0 Å². The SMILES string of the molecule is CC(Cc1cccs1)NS(=O)(=O)c1cc(CO)sc1Br. The zero-order valence-electron chi connectivity index (χ0n) is 10.7. The van der Waals surface area contributed by atoms with E-state index in [1.807, 2.05) is 24.4 Å². The lowest BCUT2D eigenvalue weighted by Crippen LogP contribution is -2.33. The fraction of sp³-hybridized carbons (Fsp3) is 0.333. The Morgan fingerprint density at radius 1 is 1.45 bits per heavy atom. The Morgan fingerprint density at radius 3 is 2.75 bits per heavy atom. The molecule has 0 bridgehead atoms. The van der Waals surface area contributed by atoms with Gasteiger partial charge in [0, 0.05) is 15.8 Å². The number of hydrogen-bond acceptors (Lipinski definition) is 5. The van der Waals surface area contributed by atoms with Crippen molar-refractivity contribution in [1.82, 2.24) is 4.72 Å². The van der Waals surface area contributed by atoms with Gasteiger partial charge in [0.15, 0.2) is 0 Å². The summed E-state index contributed by atoms with van der Waals surface area (Å²) in [5.74, 6) is 0. The minimum atomic E-state index is -3.58. The summed E-state index contributed by atoms with van der Waals surface area (Å²) in [7, 11) is -3.58. The quantitative estimate of drug-likeness (QED) is 0.789. The van der Waals surface area contributed by atoms with Crippen LogP contribution in [0.1, 0.15) is 16.7 Å². The lowest BCUT2D eigenvalue weighted by Gasteiger charge is -2.12. The van der Waals surface area contributed by atoms with E-state index < -0.39 is 10.0 Å². The summed E-state index contributed by atoms with van der Waals surface area (Å²) in [6.07, 6.45) is 0.658. The van der Waals surface area contributed by atoms with Crippen molar-refractivity contribution >= 4 is 48.6 Å². The highest BCUT2D eigenvalue weighted by Gasteiger charge is 2.23. The van der Waals surface area contributed by atoms with Gasteiger partial charge in [-0.2, -0.15) is 0 Å². The Labute approximate surface area is 134 Å². The highest BCUT2D eigenvalue weighted by atomic mass is 79.9. The van der Waals surface area contributed by atoms with Crippen molar-refractivity contribution in [2.45, 2.75) is 30.9 Å². The van der Waals surface area contributed by atoms with Crippen LogP contribution in [0, 0.1) is 0 Å². The van der Waals surface area contributed by atoms with E-state index in [1.54, 1.807) is 11.3 Å². The molecule has 20 heavy (non-hydrogen) atoms. The van der Waals surface area contributed by atoms with Gasteiger partial charge in [0.2, 0.25) is 10.0 Å². The maximum atomic E-state index is 12.3. The van der Waals surface area contributed by atoms with Crippen molar-refractivity contribution in [3.8, 4) is 0 Å². The summed E-state index contributed by atoms with van der Waals surface area (Å²) < 4.78 is 27.8. The molecule has 2 N–H and O–H groups in total.